The van der Waals surface area contributed by atoms with Crippen molar-refractivity contribution < 1.29 is 14.3 Å². The fourth-order valence-corrected chi connectivity index (χ4v) is 3.66. The van der Waals surface area contributed by atoms with E-state index in [1.165, 1.54) is 4.90 Å². The first-order chi connectivity index (χ1) is 15.1. The molecular weight excluding hydrogens is 390 g/mol. The number of amides is 3. The largest absolute Gasteiger partial charge is 0.497 e. The Morgan fingerprint density at radius 3 is 2.16 bits per heavy atom. The number of nitrogens with zero attached hydrogens (tertiary/aromatic N) is 1. The van der Waals surface area contributed by atoms with Crippen LogP contribution in [0.5, 0.6) is 5.75 Å². The minimum atomic E-state index is -0.617. The minimum absolute atomic E-state index is 0.280. The fourth-order valence-electron chi connectivity index (χ4n) is 3.66. The second-order valence-electron chi connectivity index (χ2n) is 7.16. The zero-order valence-electron chi connectivity index (χ0n) is 17.3. The molecule has 0 unspecified atom stereocenters. The number of anilines is 1. The summed E-state index contributed by atoms with van der Waals surface area (Å²) in [6, 6.07) is 25.2. The van der Waals surface area contributed by atoms with Crippen molar-refractivity contribution in [3.05, 3.63) is 102 Å². The van der Waals surface area contributed by atoms with Gasteiger partial charge in [0.1, 0.15) is 5.75 Å². The number of nitrogens with one attached hydrogen (secondary N) is 2. The van der Waals surface area contributed by atoms with Crippen LogP contribution in [0.1, 0.15) is 17.2 Å². The number of methoxy groups -OCH3 is 1. The van der Waals surface area contributed by atoms with Crippen LogP contribution in [0, 0.1) is 0 Å². The van der Waals surface area contributed by atoms with E-state index in [0.29, 0.717) is 22.7 Å². The van der Waals surface area contributed by atoms with E-state index in [2.05, 4.69) is 10.6 Å². The van der Waals surface area contributed by atoms with Crippen molar-refractivity contribution in [3.8, 4) is 5.75 Å². The summed E-state index contributed by atoms with van der Waals surface area (Å²) in [5.74, 6) is 0.420. The van der Waals surface area contributed by atoms with Crippen molar-refractivity contribution in [2.75, 3.05) is 19.5 Å². The lowest BCUT2D eigenvalue weighted by atomic mass is 9.91. The lowest BCUT2D eigenvalue weighted by Gasteiger charge is -2.35. The number of hydrogen-bond donors (Lipinski definition) is 2. The van der Waals surface area contributed by atoms with Gasteiger partial charge in [0.25, 0.3) is 5.91 Å². The van der Waals surface area contributed by atoms with E-state index in [9.17, 15) is 9.59 Å². The molecule has 156 valence electrons. The highest BCUT2D eigenvalue weighted by Gasteiger charge is 2.36. The van der Waals surface area contributed by atoms with E-state index < -0.39 is 6.04 Å². The Kier molecular flexibility index (Phi) is 5.71. The monoisotopic (exact) mass is 413 g/mol. The molecule has 4 rings (SSSR count). The highest BCUT2D eigenvalue weighted by molar-refractivity contribution is 6.12. The van der Waals surface area contributed by atoms with Gasteiger partial charge in [0.2, 0.25) is 0 Å². The van der Waals surface area contributed by atoms with Gasteiger partial charge in [-0.1, -0.05) is 60.7 Å². The molecule has 0 fully saturated rings. The number of carbonyl (C=O) groups is 2. The predicted molar refractivity (Wildman–Crippen MR) is 120 cm³/mol. The normalized spacial score (nSPS) is 16.0. The average Bonchev–Trinajstić information content (AvgIpc) is 2.81. The van der Waals surface area contributed by atoms with Gasteiger partial charge in [0.15, 0.2) is 0 Å². The Hall–Kier alpha value is -4.06. The summed E-state index contributed by atoms with van der Waals surface area (Å²) in [6.07, 6.45) is 0. The molecule has 0 saturated carbocycles. The number of para-hydroxylation sites is 1. The van der Waals surface area contributed by atoms with Gasteiger partial charge in [-0.15, -0.1) is 0 Å². The summed E-state index contributed by atoms with van der Waals surface area (Å²) in [5.41, 5.74) is 3.28. The zero-order chi connectivity index (χ0) is 21.8. The van der Waals surface area contributed by atoms with Gasteiger partial charge in [0, 0.05) is 12.7 Å². The third kappa shape index (κ3) is 4.14. The minimum Gasteiger partial charge on any atom is -0.497 e. The van der Waals surface area contributed by atoms with E-state index in [1.807, 2.05) is 84.9 Å². The Balaban J connectivity index is 1.86. The van der Waals surface area contributed by atoms with Crippen molar-refractivity contribution in [2.45, 2.75) is 6.04 Å². The molecule has 3 amide bonds. The third-order valence-electron chi connectivity index (χ3n) is 5.22. The number of carbonyl (C=O) groups excluding carboxylic acids is 2. The molecule has 3 aromatic carbocycles. The van der Waals surface area contributed by atoms with Gasteiger partial charge >= 0.3 is 6.03 Å². The van der Waals surface area contributed by atoms with Crippen molar-refractivity contribution in [1.29, 1.82) is 0 Å². The Morgan fingerprint density at radius 1 is 0.935 bits per heavy atom. The first-order valence-electron chi connectivity index (χ1n) is 9.92. The maximum atomic E-state index is 13.5. The molecule has 1 aliphatic heterocycles. The molecule has 1 atom stereocenters. The van der Waals surface area contributed by atoms with Gasteiger partial charge in [-0.2, -0.15) is 0 Å². The van der Waals surface area contributed by atoms with Crippen molar-refractivity contribution in [3.63, 3.8) is 0 Å². The molecular formula is C25H23N3O3. The summed E-state index contributed by atoms with van der Waals surface area (Å²) in [5, 5.41) is 5.93. The molecule has 0 saturated heterocycles. The van der Waals surface area contributed by atoms with Crippen LogP contribution in [0.2, 0.25) is 0 Å². The van der Waals surface area contributed by atoms with Crippen molar-refractivity contribution in [1.82, 2.24) is 10.2 Å². The molecule has 31 heavy (non-hydrogen) atoms. The van der Waals surface area contributed by atoms with Crippen LogP contribution in [-0.4, -0.2) is 31.0 Å². The molecule has 0 spiro atoms. The van der Waals surface area contributed by atoms with Gasteiger partial charge < -0.3 is 15.4 Å². The molecule has 0 aromatic heterocycles. The zero-order valence-corrected chi connectivity index (χ0v) is 17.3. The Bertz CT molecular complexity index is 1110. The Labute approximate surface area is 181 Å². The highest BCUT2D eigenvalue weighted by Crippen LogP contribution is 2.36. The van der Waals surface area contributed by atoms with Crippen LogP contribution in [-0.2, 0) is 4.79 Å². The summed E-state index contributed by atoms with van der Waals surface area (Å²) in [7, 11) is 3.26. The number of benzene rings is 3. The number of urea groups is 1. The quantitative estimate of drug-likeness (QED) is 0.650. The van der Waals surface area contributed by atoms with E-state index in [4.69, 9.17) is 4.74 Å². The molecule has 6 nitrogen and oxygen atoms in total. The maximum Gasteiger partial charge on any atom is 0.322 e. The summed E-state index contributed by atoms with van der Waals surface area (Å²) in [4.78, 5) is 27.9. The molecule has 0 aliphatic carbocycles. The lowest BCUT2D eigenvalue weighted by Crippen LogP contribution is -2.46. The topological polar surface area (TPSA) is 70.7 Å². The van der Waals surface area contributed by atoms with E-state index in [-0.39, 0.29) is 11.9 Å². The highest BCUT2D eigenvalue weighted by atomic mass is 16.5. The molecule has 1 heterocycles. The van der Waals surface area contributed by atoms with E-state index >= 15 is 0 Å². The van der Waals surface area contributed by atoms with Crippen molar-refractivity contribution in [2.24, 2.45) is 0 Å². The number of rotatable bonds is 5. The van der Waals surface area contributed by atoms with E-state index in [0.717, 1.165) is 11.1 Å². The second kappa shape index (κ2) is 8.75. The van der Waals surface area contributed by atoms with E-state index in [1.54, 1.807) is 14.2 Å². The van der Waals surface area contributed by atoms with Crippen molar-refractivity contribution >= 4 is 23.3 Å². The van der Waals surface area contributed by atoms with Crippen LogP contribution in [0.3, 0.4) is 0 Å². The maximum absolute atomic E-state index is 13.5. The third-order valence-corrected chi connectivity index (χ3v) is 5.22. The first kappa shape index (κ1) is 20.2. The molecule has 2 N–H and O–H groups in total. The second-order valence-corrected chi connectivity index (χ2v) is 7.16. The van der Waals surface area contributed by atoms with Crippen LogP contribution in [0.25, 0.3) is 5.70 Å². The van der Waals surface area contributed by atoms with Crippen LogP contribution in [0.15, 0.2) is 90.5 Å². The van der Waals surface area contributed by atoms with Crippen LogP contribution < -0.4 is 15.4 Å². The molecule has 3 aromatic rings. The standard InChI is InChI=1S/C25H23N3O3/c1-28-23(18-9-5-3-6-10-18)21(24(29)26-19-11-7-4-8-12-19)22(27-25(28)30)17-13-15-20(31-2)16-14-17/h3-16,22H,1-2H3,(H,26,29)(H,27,30)/t22-/m0/s1. The fraction of sp³-hybridized carbons (Fsp3) is 0.120. The average molecular weight is 413 g/mol. The van der Waals surface area contributed by atoms with Gasteiger partial charge in [0.05, 0.1) is 24.4 Å². The van der Waals surface area contributed by atoms with Gasteiger partial charge in [-0.25, -0.2) is 4.79 Å². The number of hydrogen-bond acceptors (Lipinski definition) is 3. The lowest BCUT2D eigenvalue weighted by molar-refractivity contribution is -0.113. The number of ether oxygens (including phenoxy) is 1. The molecule has 1 aliphatic rings. The van der Waals surface area contributed by atoms with Gasteiger partial charge in [-0.3, -0.25) is 9.69 Å². The SMILES string of the molecule is COc1ccc([C@@H]2NC(=O)N(C)C(c3ccccc3)=C2C(=O)Nc2ccccc2)cc1. The Morgan fingerprint density at radius 2 is 1.55 bits per heavy atom. The first-order valence-corrected chi connectivity index (χ1v) is 9.92. The van der Waals surface area contributed by atoms with Crippen LogP contribution >= 0.6 is 0 Å². The smallest absolute Gasteiger partial charge is 0.322 e. The summed E-state index contributed by atoms with van der Waals surface area (Å²) >= 11 is 0. The summed E-state index contributed by atoms with van der Waals surface area (Å²) < 4.78 is 5.25. The van der Waals surface area contributed by atoms with Gasteiger partial charge in [-0.05, 0) is 35.4 Å². The molecule has 0 bridgehead atoms. The summed E-state index contributed by atoms with van der Waals surface area (Å²) in [6.45, 7) is 0. The van der Waals surface area contributed by atoms with Crippen LogP contribution in [0.4, 0.5) is 10.5 Å². The molecule has 0 radical (unpaired) electrons. The predicted octanol–water partition coefficient (Wildman–Crippen LogP) is 4.44. The molecule has 6 heteroatoms.